The van der Waals surface area contributed by atoms with E-state index in [1.165, 1.54) is 23.9 Å². The molecule has 0 saturated carbocycles. The number of aliphatic carboxylic acids is 1. The van der Waals surface area contributed by atoms with Crippen LogP contribution in [0.15, 0.2) is 46.2 Å². The Kier molecular flexibility index (Phi) is 3.74. The van der Waals surface area contributed by atoms with Crippen molar-refractivity contribution in [2.24, 2.45) is 0 Å². The van der Waals surface area contributed by atoms with E-state index in [0.717, 1.165) is 15.4 Å². The number of rotatable bonds is 2. The van der Waals surface area contributed by atoms with Gasteiger partial charge in [0.25, 0.3) is 0 Å². The number of benzene rings is 2. The predicted molar refractivity (Wildman–Crippen MR) is 81.1 cm³/mol. The van der Waals surface area contributed by atoms with E-state index < -0.39 is 11.9 Å². The molecule has 1 aliphatic heterocycles. The Labute approximate surface area is 131 Å². The minimum Gasteiger partial charge on any atom is -0.481 e. The van der Waals surface area contributed by atoms with Gasteiger partial charge in [-0.05, 0) is 42.3 Å². The van der Waals surface area contributed by atoms with Crippen LogP contribution in [0.25, 0.3) is 0 Å². The Bertz CT molecular complexity index is 785. The topological polar surface area (TPSA) is 54.4 Å². The van der Waals surface area contributed by atoms with Crippen LogP contribution in [0.2, 0.25) is 0 Å². The van der Waals surface area contributed by atoms with Gasteiger partial charge in [0.1, 0.15) is 5.82 Å². The Morgan fingerprint density at radius 1 is 1.23 bits per heavy atom. The number of Topliss-reactive ketones (excluding diaryl/α,β-unsaturated/α-hetero) is 1. The monoisotopic (exact) mass is 316 g/mol. The summed E-state index contributed by atoms with van der Waals surface area (Å²) < 4.78 is 13.4. The molecule has 1 heterocycles. The molecule has 3 rings (SSSR count). The van der Waals surface area contributed by atoms with Crippen LogP contribution < -0.4 is 0 Å². The zero-order valence-electron chi connectivity index (χ0n) is 11.8. The molecule has 0 bridgehead atoms. The molecule has 0 saturated heterocycles. The lowest BCUT2D eigenvalue weighted by molar-refractivity contribution is -0.138. The van der Waals surface area contributed by atoms with E-state index in [0.29, 0.717) is 11.1 Å². The lowest BCUT2D eigenvalue weighted by Crippen LogP contribution is -2.10. The number of carbonyl (C=O) groups excluding carboxylic acids is 1. The highest BCUT2D eigenvalue weighted by Crippen LogP contribution is 2.38. The number of carboxylic acids is 1. The largest absolute Gasteiger partial charge is 0.481 e. The first-order valence-corrected chi connectivity index (χ1v) is 7.63. The molecular formula is C17H13FO3S. The summed E-state index contributed by atoms with van der Waals surface area (Å²) in [5.74, 6) is -2.02. The second kappa shape index (κ2) is 5.57. The first kappa shape index (κ1) is 14.8. The normalized spacial score (nSPS) is 14.7. The SMILES string of the molecule is CC(C(=O)O)c1ccc2c(c1)C(=O)Cc1ccc(F)cc1S2. The number of fused-ring (bicyclic) bond motifs is 2. The Morgan fingerprint density at radius 3 is 2.73 bits per heavy atom. The van der Waals surface area contributed by atoms with Gasteiger partial charge in [-0.25, -0.2) is 4.39 Å². The molecule has 1 atom stereocenters. The van der Waals surface area contributed by atoms with Crippen molar-refractivity contribution in [3.63, 3.8) is 0 Å². The third-order valence-corrected chi connectivity index (χ3v) is 4.95. The highest BCUT2D eigenvalue weighted by Gasteiger charge is 2.23. The van der Waals surface area contributed by atoms with Gasteiger partial charge < -0.3 is 5.11 Å². The minimum atomic E-state index is -0.931. The van der Waals surface area contributed by atoms with E-state index in [2.05, 4.69) is 0 Å². The molecule has 112 valence electrons. The fourth-order valence-electron chi connectivity index (χ4n) is 2.42. The second-order valence-corrected chi connectivity index (χ2v) is 6.35. The van der Waals surface area contributed by atoms with Crippen molar-refractivity contribution in [3.8, 4) is 0 Å². The number of carboxylic acid groups (broad SMARTS) is 1. The summed E-state index contributed by atoms with van der Waals surface area (Å²) in [4.78, 5) is 25.0. The number of hydrogen-bond donors (Lipinski definition) is 1. The van der Waals surface area contributed by atoms with Crippen LogP contribution in [0.1, 0.15) is 34.3 Å². The summed E-state index contributed by atoms with van der Waals surface area (Å²) in [6, 6.07) is 9.50. The van der Waals surface area contributed by atoms with E-state index in [1.807, 2.05) is 0 Å². The van der Waals surface area contributed by atoms with E-state index in [1.54, 1.807) is 31.2 Å². The van der Waals surface area contributed by atoms with Gasteiger partial charge in [-0.3, -0.25) is 9.59 Å². The number of carbonyl (C=O) groups is 2. The van der Waals surface area contributed by atoms with Crippen LogP contribution in [0, 0.1) is 5.82 Å². The number of ketones is 1. The summed E-state index contributed by atoms with van der Waals surface area (Å²) in [6.07, 6.45) is 0.195. The molecule has 22 heavy (non-hydrogen) atoms. The van der Waals surface area contributed by atoms with Crippen LogP contribution in [-0.2, 0) is 11.2 Å². The molecule has 5 heteroatoms. The fourth-order valence-corrected chi connectivity index (χ4v) is 3.52. The van der Waals surface area contributed by atoms with Crippen molar-refractivity contribution in [1.29, 1.82) is 0 Å². The number of halogens is 1. The average molecular weight is 316 g/mol. The summed E-state index contributed by atoms with van der Waals surface area (Å²) in [5.41, 5.74) is 1.89. The predicted octanol–water partition coefficient (Wildman–Crippen LogP) is 3.90. The van der Waals surface area contributed by atoms with Gasteiger partial charge in [0.05, 0.1) is 5.92 Å². The average Bonchev–Trinajstić information content (AvgIpc) is 2.62. The van der Waals surface area contributed by atoms with Crippen LogP contribution in [0.3, 0.4) is 0 Å². The van der Waals surface area contributed by atoms with Crippen LogP contribution in [0.5, 0.6) is 0 Å². The van der Waals surface area contributed by atoms with Gasteiger partial charge in [-0.2, -0.15) is 0 Å². The smallest absolute Gasteiger partial charge is 0.310 e. The van der Waals surface area contributed by atoms with Crippen molar-refractivity contribution in [1.82, 2.24) is 0 Å². The zero-order valence-corrected chi connectivity index (χ0v) is 12.6. The van der Waals surface area contributed by atoms with E-state index in [-0.39, 0.29) is 18.0 Å². The summed E-state index contributed by atoms with van der Waals surface area (Å²) >= 11 is 1.34. The van der Waals surface area contributed by atoms with Gasteiger partial charge in [-0.1, -0.05) is 23.9 Å². The molecule has 0 fully saturated rings. The Morgan fingerprint density at radius 2 is 2.00 bits per heavy atom. The summed E-state index contributed by atoms with van der Waals surface area (Å²) in [7, 11) is 0. The molecule has 3 nitrogen and oxygen atoms in total. The molecule has 1 unspecified atom stereocenters. The summed E-state index contributed by atoms with van der Waals surface area (Å²) in [5, 5.41) is 9.10. The molecule has 1 N–H and O–H groups in total. The standard InChI is InChI=1S/C17H13FO3S/c1-9(17(20)21)10-3-5-15-13(6-10)14(19)7-11-2-4-12(18)8-16(11)22-15/h2-6,8-9H,7H2,1H3,(H,20,21). The van der Waals surface area contributed by atoms with Gasteiger partial charge in [0.2, 0.25) is 0 Å². The second-order valence-electron chi connectivity index (χ2n) is 5.27. The van der Waals surface area contributed by atoms with Crippen molar-refractivity contribution < 1.29 is 19.1 Å². The number of hydrogen-bond acceptors (Lipinski definition) is 3. The highest BCUT2D eigenvalue weighted by atomic mass is 32.2. The molecule has 0 amide bonds. The molecule has 2 aromatic carbocycles. The van der Waals surface area contributed by atoms with Crippen molar-refractivity contribution in [2.75, 3.05) is 0 Å². The molecule has 0 spiro atoms. The van der Waals surface area contributed by atoms with Crippen molar-refractivity contribution in [2.45, 2.75) is 29.1 Å². The molecule has 0 aromatic heterocycles. The molecular weight excluding hydrogens is 303 g/mol. The first-order valence-electron chi connectivity index (χ1n) is 6.82. The molecule has 1 aliphatic rings. The maximum absolute atomic E-state index is 13.4. The Balaban J connectivity index is 2.07. The van der Waals surface area contributed by atoms with E-state index >= 15 is 0 Å². The van der Waals surface area contributed by atoms with Gasteiger partial charge >= 0.3 is 5.97 Å². The maximum atomic E-state index is 13.4. The summed E-state index contributed by atoms with van der Waals surface area (Å²) in [6.45, 7) is 1.59. The van der Waals surface area contributed by atoms with Crippen molar-refractivity contribution >= 4 is 23.5 Å². The van der Waals surface area contributed by atoms with Gasteiger partial charge in [-0.15, -0.1) is 0 Å². The van der Waals surface area contributed by atoms with Crippen LogP contribution in [0.4, 0.5) is 4.39 Å². The molecule has 2 aromatic rings. The fraction of sp³-hybridized carbons (Fsp3) is 0.176. The quantitative estimate of drug-likeness (QED) is 0.913. The molecule has 0 radical (unpaired) electrons. The minimum absolute atomic E-state index is 0.0766. The van der Waals surface area contributed by atoms with E-state index in [4.69, 9.17) is 5.11 Å². The first-order chi connectivity index (χ1) is 10.5. The zero-order chi connectivity index (χ0) is 15.9. The van der Waals surface area contributed by atoms with Crippen LogP contribution >= 0.6 is 11.8 Å². The molecule has 0 aliphatic carbocycles. The maximum Gasteiger partial charge on any atom is 0.310 e. The highest BCUT2D eigenvalue weighted by molar-refractivity contribution is 7.99. The lowest BCUT2D eigenvalue weighted by Gasteiger charge is -2.10. The van der Waals surface area contributed by atoms with E-state index in [9.17, 15) is 14.0 Å². The lowest BCUT2D eigenvalue weighted by atomic mass is 9.96. The van der Waals surface area contributed by atoms with Crippen LogP contribution in [-0.4, -0.2) is 16.9 Å². The van der Waals surface area contributed by atoms with Gasteiger partial charge in [0.15, 0.2) is 5.78 Å². The Hall–Kier alpha value is -2.14. The third kappa shape index (κ3) is 2.64. The van der Waals surface area contributed by atoms with Gasteiger partial charge in [0, 0.05) is 21.8 Å². The third-order valence-electron chi connectivity index (χ3n) is 3.77. The van der Waals surface area contributed by atoms with Crippen molar-refractivity contribution in [3.05, 3.63) is 58.9 Å².